The van der Waals surface area contributed by atoms with Gasteiger partial charge in [-0.1, -0.05) is 0 Å². The van der Waals surface area contributed by atoms with E-state index >= 15 is 0 Å². The zero-order valence-corrected chi connectivity index (χ0v) is 13.0. The summed E-state index contributed by atoms with van der Waals surface area (Å²) < 4.78 is 20.5. The van der Waals surface area contributed by atoms with Crippen molar-refractivity contribution in [2.24, 2.45) is 0 Å². The number of nitrogens with one attached hydrogen (secondary N) is 2. The Kier molecular flexibility index (Phi) is 3.35. The number of H-pyrrole nitrogens is 1. The highest BCUT2D eigenvalue weighted by atomic mass is 19.1. The van der Waals surface area contributed by atoms with Crippen LogP contribution in [-0.2, 0) is 11.3 Å². The largest absolute Gasteiger partial charge is 0.378 e. The molecule has 0 unspecified atom stereocenters. The van der Waals surface area contributed by atoms with E-state index in [1.54, 1.807) is 18.7 Å². The Morgan fingerprint density at radius 1 is 1.38 bits per heavy atom. The number of ether oxygens (including phenoxy) is 1. The Morgan fingerprint density at radius 2 is 2.25 bits per heavy atom. The molecule has 0 amide bonds. The molecule has 0 aliphatic carbocycles. The van der Waals surface area contributed by atoms with Gasteiger partial charge in [0.2, 0.25) is 5.82 Å². The van der Waals surface area contributed by atoms with Crippen LogP contribution in [0.5, 0.6) is 0 Å². The van der Waals surface area contributed by atoms with Crippen molar-refractivity contribution in [1.29, 1.82) is 0 Å². The summed E-state index contributed by atoms with van der Waals surface area (Å²) in [7, 11) is 3.40. The Hall–Kier alpha value is -3.07. The topological polar surface area (TPSA) is 93.0 Å². The van der Waals surface area contributed by atoms with Gasteiger partial charge in [-0.25, -0.2) is 18.9 Å². The average Bonchev–Trinajstić information content (AvgIpc) is 3.18. The number of nitrogens with zero attached hydrogens (tertiary/aromatic N) is 5. The molecule has 4 heterocycles. The van der Waals surface area contributed by atoms with Gasteiger partial charge in [0, 0.05) is 14.2 Å². The predicted octanol–water partition coefficient (Wildman–Crippen LogP) is 1.99. The summed E-state index contributed by atoms with van der Waals surface area (Å²) in [5.41, 5.74) is 2.60. The number of pyridine rings is 1. The molecule has 2 N–H and O–H groups in total. The van der Waals surface area contributed by atoms with Crippen molar-refractivity contribution in [3.8, 4) is 11.5 Å². The third-order valence-electron chi connectivity index (χ3n) is 3.71. The molecule has 0 atom stereocenters. The van der Waals surface area contributed by atoms with Gasteiger partial charge in [-0.3, -0.25) is 5.10 Å². The monoisotopic (exact) mass is 327 g/mol. The zero-order chi connectivity index (χ0) is 16.7. The van der Waals surface area contributed by atoms with Crippen LogP contribution in [-0.4, -0.2) is 43.9 Å². The second-order valence-electron chi connectivity index (χ2n) is 5.21. The molecule has 4 aromatic rings. The molecule has 0 fully saturated rings. The first-order chi connectivity index (χ1) is 11.7. The molecular formula is C15H14FN7O. The van der Waals surface area contributed by atoms with E-state index in [2.05, 4.69) is 30.6 Å². The Labute approximate surface area is 135 Å². The Balaban J connectivity index is 1.98. The summed E-state index contributed by atoms with van der Waals surface area (Å²) >= 11 is 0. The van der Waals surface area contributed by atoms with Crippen molar-refractivity contribution in [3.63, 3.8) is 0 Å². The van der Waals surface area contributed by atoms with E-state index in [1.807, 2.05) is 12.1 Å². The van der Waals surface area contributed by atoms with Gasteiger partial charge >= 0.3 is 0 Å². The van der Waals surface area contributed by atoms with Crippen LogP contribution in [0.1, 0.15) is 5.69 Å². The maximum absolute atomic E-state index is 13.5. The summed E-state index contributed by atoms with van der Waals surface area (Å²) in [6, 6.07) is 5.19. The number of halogens is 1. The van der Waals surface area contributed by atoms with Crippen LogP contribution in [0.2, 0.25) is 0 Å². The minimum Gasteiger partial charge on any atom is -0.378 e. The average molecular weight is 327 g/mol. The lowest BCUT2D eigenvalue weighted by Crippen LogP contribution is -2.06. The van der Waals surface area contributed by atoms with E-state index in [1.165, 1.54) is 6.07 Å². The van der Waals surface area contributed by atoms with E-state index in [0.717, 1.165) is 17.4 Å². The SMILES string of the molecule is CNc1nc(-c2n[nH]c3ncc(F)cc23)nn2c(COC)ccc12. The van der Waals surface area contributed by atoms with Crippen molar-refractivity contribution in [1.82, 2.24) is 29.8 Å². The van der Waals surface area contributed by atoms with E-state index in [0.29, 0.717) is 35.0 Å². The standard InChI is InChI=1S/C15H14FN7O/c1-17-14-11-4-3-9(7-24-2)23(11)22-15(19-14)12-10-5-8(16)6-18-13(10)21-20-12/h3-6H,7H2,1-2H3,(H,17,19,22)(H,18,20,21). The molecule has 24 heavy (non-hydrogen) atoms. The van der Waals surface area contributed by atoms with Gasteiger partial charge in [0.15, 0.2) is 11.5 Å². The summed E-state index contributed by atoms with van der Waals surface area (Å²) in [6.45, 7) is 0.408. The number of rotatable bonds is 4. The minimum atomic E-state index is -0.443. The summed E-state index contributed by atoms with van der Waals surface area (Å²) in [6.07, 6.45) is 1.13. The first kappa shape index (κ1) is 14.5. The van der Waals surface area contributed by atoms with Crippen LogP contribution in [0.15, 0.2) is 24.4 Å². The minimum absolute atomic E-state index is 0.360. The smallest absolute Gasteiger partial charge is 0.203 e. The number of anilines is 1. The number of fused-ring (bicyclic) bond motifs is 2. The van der Waals surface area contributed by atoms with Crippen molar-refractivity contribution in [3.05, 3.63) is 35.9 Å². The molecule has 4 aromatic heterocycles. The molecule has 122 valence electrons. The first-order valence-corrected chi connectivity index (χ1v) is 7.26. The Morgan fingerprint density at radius 3 is 3.04 bits per heavy atom. The van der Waals surface area contributed by atoms with Crippen LogP contribution in [0.3, 0.4) is 0 Å². The van der Waals surface area contributed by atoms with Crippen LogP contribution < -0.4 is 5.32 Å². The van der Waals surface area contributed by atoms with Crippen molar-refractivity contribution in [2.45, 2.75) is 6.61 Å². The maximum atomic E-state index is 13.5. The molecule has 0 aliphatic heterocycles. The van der Waals surface area contributed by atoms with Gasteiger partial charge in [0.1, 0.15) is 17.0 Å². The van der Waals surface area contributed by atoms with Gasteiger partial charge in [0.05, 0.1) is 23.9 Å². The fourth-order valence-electron chi connectivity index (χ4n) is 2.64. The van der Waals surface area contributed by atoms with Crippen LogP contribution >= 0.6 is 0 Å². The van der Waals surface area contributed by atoms with Gasteiger partial charge in [-0.2, -0.15) is 5.10 Å². The summed E-state index contributed by atoms with van der Waals surface area (Å²) in [4.78, 5) is 8.48. The molecule has 0 radical (unpaired) electrons. The van der Waals surface area contributed by atoms with Crippen molar-refractivity contribution >= 4 is 22.4 Å². The molecule has 0 aliphatic rings. The predicted molar refractivity (Wildman–Crippen MR) is 86.1 cm³/mol. The quantitative estimate of drug-likeness (QED) is 0.595. The second-order valence-corrected chi connectivity index (χ2v) is 5.21. The fourth-order valence-corrected chi connectivity index (χ4v) is 2.64. The molecule has 0 spiro atoms. The third kappa shape index (κ3) is 2.17. The third-order valence-corrected chi connectivity index (χ3v) is 3.71. The molecular weight excluding hydrogens is 313 g/mol. The van der Waals surface area contributed by atoms with Crippen LogP contribution in [0, 0.1) is 5.82 Å². The highest BCUT2D eigenvalue weighted by Crippen LogP contribution is 2.26. The fraction of sp³-hybridized carbons (Fsp3) is 0.200. The number of aromatic nitrogens is 6. The van der Waals surface area contributed by atoms with E-state index < -0.39 is 5.82 Å². The normalized spacial score (nSPS) is 11.5. The zero-order valence-electron chi connectivity index (χ0n) is 13.0. The van der Waals surface area contributed by atoms with Crippen molar-refractivity contribution in [2.75, 3.05) is 19.5 Å². The molecule has 9 heteroatoms. The summed E-state index contributed by atoms with van der Waals surface area (Å²) in [5.74, 6) is 0.558. The first-order valence-electron chi connectivity index (χ1n) is 7.26. The Bertz CT molecular complexity index is 1040. The van der Waals surface area contributed by atoms with E-state index in [4.69, 9.17) is 4.74 Å². The maximum Gasteiger partial charge on any atom is 0.203 e. The van der Waals surface area contributed by atoms with Crippen molar-refractivity contribution < 1.29 is 9.13 Å². The molecule has 4 rings (SSSR count). The lowest BCUT2D eigenvalue weighted by Gasteiger charge is -2.07. The molecule has 0 aromatic carbocycles. The van der Waals surface area contributed by atoms with Gasteiger partial charge < -0.3 is 10.1 Å². The number of methoxy groups -OCH3 is 1. The highest BCUT2D eigenvalue weighted by molar-refractivity contribution is 5.89. The summed E-state index contributed by atoms with van der Waals surface area (Å²) in [5, 5.41) is 15.1. The van der Waals surface area contributed by atoms with Gasteiger partial charge in [0.25, 0.3) is 0 Å². The molecule has 0 saturated carbocycles. The van der Waals surface area contributed by atoms with Crippen LogP contribution in [0.4, 0.5) is 10.2 Å². The molecule has 0 saturated heterocycles. The molecule has 0 bridgehead atoms. The number of aromatic amines is 1. The highest BCUT2D eigenvalue weighted by Gasteiger charge is 2.17. The lowest BCUT2D eigenvalue weighted by atomic mass is 10.2. The van der Waals surface area contributed by atoms with Crippen LogP contribution in [0.25, 0.3) is 28.1 Å². The van der Waals surface area contributed by atoms with Gasteiger partial charge in [-0.05, 0) is 18.2 Å². The van der Waals surface area contributed by atoms with E-state index in [-0.39, 0.29) is 0 Å². The molecule has 8 nitrogen and oxygen atoms in total. The lowest BCUT2D eigenvalue weighted by molar-refractivity contribution is 0.180. The number of hydrogen-bond acceptors (Lipinski definition) is 6. The number of hydrogen-bond donors (Lipinski definition) is 2. The van der Waals surface area contributed by atoms with E-state index in [9.17, 15) is 4.39 Å². The van der Waals surface area contributed by atoms with Gasteiger partial charge in [-0.15, -0.1) is 5.10 Å². The second kappa shape index (κ2) is 5.53.